The third-order valence-electron chi connectivity index (χ3n) is 1.90. The number of rotatable bonds is 1. The molecular formula is C10H9F3NOY-. The Labute approximate surface area is 117 Å². The molecule has 1 radical (unpaired) electrons. The van der Waals surface area contributed by atoms with Crippen LogP contribution >= 0.6 is 0 Å². The van der Waals surface area contributed by atoms with Crippen molar-refractivity contribution in [1.29, 1.82) is 0 Å². The molecule has 1 aliphatic heterocycles. The molecule has 0 unspecified atom stereocenters. The van der Waals surface area contributed by atoms with Gasteiger partial charge in [-0.05, 0) is 19.5 Å². The fourth-order valence-corrected chi connectivity index (χ4v) is 1.22. The zero-order valence-corrected chi connectivity index (χ0v) is 11.7. The Morgan fingerprint density at radius 1 is 1.50 bits per heavy atom. The Bertz CT molecular complexity index is 382. The second kappa shape index (κ2) is 5.28. The zero-order valence-electron chi connectivity index (χ0n) is 8.85. The van der Waals surface area contributed by atoms with Crippen molar-refractivity contribution in [1.82, 2.24) is 4.90 Å². The molecule has 0 aromatic heterocycles. The van der Waals surface area contributed by atoms with Crippen LogP contribution in [0.1, 0.15) is 6.92 Å². The van der Waals surface area contributed by atoms with Crippen LogP contribution in [0.25, 0.3) is 0 Å². The smallest absolute Gasteiger partial charge is 0.396 e. The van der Waals surface area contributed by atoms with Crippen molar-refractivity contribution in [2.75, 3.05) is 7.05 Å². The first kappa shape index (κ1) is 15.6. The third kappa shape index (κ3) is 3.29. The van der Waals surface area contributed by atoms with E-state index in [9.17, 15) is 18.0 Å². The standard InChI is InChI=1S/C10H9F3NO.Y/c1-6-8(7(2)15)4-14(3)5-9(6)10(11,12)13;/h4H,1H2,2-3H3;/q-1;. The van der Waals surface area contributed by atoms with Crippen LogP contribution in [-0.4, -0.2) is 23.9 Å². The minimum absolute atomic E-state index is 0. The molecule has 0 fully saturated rings. The number of Topliss-reactive ketones (excluding diaryl/α,β-unsaturated/α-hetero) is 1. The van der Waals surface area contributed by atoms with Gasteiger partial charge in [0.05, 0.1) is 0 Å². The van der Waals surface area contributed by atoms with E-state index < -0.39 is 17.5 Å². The van der Waals surface area contributed by atoms with E-state index in [4.69, 9.17) is 0 Å². The maximum atomic E-state index is 12.5. The molecule has 0 saturated heterocycles. The molecule has 85 valence electrons. The minimum atomic E-state index is -4.54. The van der Waals surface area contributed by atoms with Gasteiger partial charge in [0.1, 0.15) is 5.78 Å². The molecular weight excluding hydrogens is 296 g/mol. The summed E-state index contributed by atoms with van der Waals surface area (Å²) in [5.41, 5.74) is -1.37. The third-order valence-corrected chi connectivity index (χ3v) is 1.90. The van der Waals surface area contributed by atoms with E-state index in [1.165, 1.54) is 20.2 Å². The minimum Gasteiger partial charge on any atom is -0.462 e. The molecule has 0 aromatic rings. The molecule has 1 aliphatic rings. The number of halogens is 3. The van der Waals surface area contributed by atoms with Gasteiger partial charge in [0.25, 0.3) is 0 Å². The van der Waals surface area contributed by atoms with Gasteiger partial charge in [-0.3, -0.25) is 4.79 Å². The molecule has 0 N–H and O–H groups in total. The van der Waals surface area contributed by atoms with Crippen molar-refractivity contribution in [2.45, 2.75) is 13.1 Å². The maximum absolute atomic E-state index is 12.5. The average molecular weight is 305 g/mol. The van der Waals surface area contributed by atoms with Crippen LogP contribution in [0.4, 0.5) is 13.2 Å². The summed E-state index contributed by atoms with van der Waals surface area (Å²) < 4.78 is 37.4. The molecule has 0 atom stereocenters. The van der Waals surface area contributed by atoms with Crippen molar-refractivity contribution in [3.8, 4) is 0 Å². The molecule has 0 aromatic carbocycles. The summed E-state index contributed by atoms with van der Waals surface area (Å²) in [4.78, 5) is 12.1. The molecule has 0 saturated carbocycles. The Hall–Kier alpha value is -0.416. The predicted octanol–water partition coefficient (Wildman–Crippen LogP) is 2.21. The summed E-state index contributed by atoms with van der Waals surface area (Å²) in [7, 11) is 1.38. The number of carbonyl (C=O) groups excluding carboxylic acids is 1. The molecule has 1 rings (SSSR count). The van der Waals surface area contributed by atoms with Gasteiger partial charge in [-0.15, -0.1) is 12.2 Å². The molecule has 0 spiro atoms. The summed E-state index contributed by atoms with van der Waals surface area (Å²) in [5, 5.41) is 0. The van der Waals surface area contributed by atoms with Crippen molar-refractivity contribution in [2.24, 2.45) is 0 Å². The SMILES string of the molecule is C=C1C(C(F)(F)F)=[C-]N(C)C=C1C(C)=O.[Y]. The van der Waals surface area contributed by atoms with E-state index in [0.717, 1.165) is 4.90 Å². The molecule has 0 aliphatic carbocycles. The normalized spacial score (nSPS) is 16.3. The Balaban J connectivity index is 0.00000225. The Kier molecular flexibility index (Phi) is 5.14. The second-order valence-corrected chi connectivity index (χ2v) is 3.17. The maximum Gasteiger partial charge on any atom is 0.396 e. The summed E-state index contributed by atoms with van der Waals surface area (Å²) in [6.07, 6.45) is -1.18. The van der Waals surface area contributed by atoms with E-state index in [1.54, 1.807) is 0 Å². The number of hydrogen-bond donors (Lipinski definition) is 0. The number of allylic oxidation sites excluding steroid dienone is 3. The number of hydrogen-bond acceptors (Lipinski definition) is 2. The van der Waals surface area contributed by atoms with Crippen LogP contribution in [0.2, 0.25) is 0 Å². The van der Waals surface area contributed by atoms with Gasteiger partial charge in [0, 0.05) is 32.7 Å². The summed E-state index contributed by atoms with van der Waals surface area (Å²) >= 11 is 0. The first-order valence-electron chi connectivity index (χ1n) is 4.09. The summed E-state index contributed by atoms with van der Waals surface area (Å²) in [6.45, 7) is 4.46. The molecule has 0 bridgehead atoms. The number of ketones is 1. The van der Waals surface area contributed by atoms with Gasteiger partial charge in [0.15, 0.2) is 0 Å². The van der Waals surface area contributed by atoms with E-state index in [2.05, 4.69) is 12.8 Å². The number of nitrogens with zero attached hydrogens (tertiary/aromatic N) is 1. The van der Waals surface area contributed by atoms with Crippen LogP contribution in [0, 0.1) is 6.20 Å². The largest absolute Gasteiger partial charge is 0.462 e. The summed E-state index contributed by atoms with van der Waals surface area (Å²) in [6, 6.07) is 0. The number of alkyl halides is 3. The molecule has 6 heteroatoms. The van der Waals surface area contributed by atoms with Gasteiger partial charge < -0.3 is 4.90 Å². The number of carbonyl (C=O) groups is 1. The van der Waals surface area contributed by atoms with Gasteiger partial charge in [-0.1, -0.05) is 18.0 Å². The monoisotopic (exact) mass is 305 g/mol. The van der Waals surface area contributed by atoms with Crippen LogP contribution in [0.15, 0.2) is 29.5 Å². The molecule has 16 heavy (non-hydrogen) atoms. The van der Waals surface area contributed by atoms with E-state index in [-0.39, 0.29) is 43.9 Å². The molecule has 0 amide bonds. The summed E-state index contributed by atoms with van der Waals surface area (Å²) in [5.74, 6) is -0.449. The predicted molar refractivity (Wildman–Crippen MR) is 48.5 cm³/mol. The fraction of sp³-hybridized carbons (Fsp3) is 0.300. The first-order chi connectivity index (χ1) is 6.73. The van der Waals surface area contributed by atoms with Crippen LogP contribution < -0.4 is 0 Å². The Morgan fingerprint density at radius 3 is 2.38 bits per heavy atom. The quantitative estimate of drug-likeness (QED) is 0.692. The van der Waals surface area contributed by atoms with Gasteiger partial charge in [0.2, 0.25) is 0 Å². The topological polar surface area (TPSA) is 20.3 Å². The van der Waals surface area contributed by atoms with E-state index in [0.29, 0.717) is 0 Å². The fourth-order valence-electron chi connectivity index (χ4n) is 1.22. The van der Waals surface area contributed by atoms with Gasteiger partial charge in [-0.25, -0.2) is 0 Å². The van der Waals surface area contributed by atoms with Crippen LogP contribution in [-0.2, 0) is 37.5 Å². The Morgan fingerprint density at radius 2 is 2.00 bits per heavy atom. The van der Waals surface area contributed by atoms with Crippen molar-refractivity contribution in [3.05, 3.63) is 35.7 Å². The average Bonchev–Trinajstić information content (AvgIpc) is 2.06. The van der Waals surface area contributed by atoms with Crippen LogP contribution in [0.3, 0.4) is 0 Å². The van der Waals surface area contributed by atoms with E-state index >= 15 is 0 Å². The first-order valence-corrected chi connectivity index (χ1v) is 4.09. The van der Waals surface area contributed by atoms with Crippen molar-refractivity contribution < 1.29 is 50.7 Å². The molecule has 1 heterocycles. The van der Waals surface area contributed by atoms with Crippen molar-refractivity contribution in [3.63, 3.8) is 0 Å². The van der Waals surface area contributed by atoms with E-state index in [1.807, 2.05) is 0 Å². The van der Waals surface area contributed by atoms with Gasteiger partial charge >= 0.3 is 6.18 Å². The van der Waals surface area contributed by atoms with Crippen molar-refractivity contribution >= 4 is 5.78 Å². The molecule has 2 nitrogen and oxygen atoms in total. The van der Waals surface area contributed by atoms with Gasteiger partial charge in [-0.2, -0.15) is 13.2 Å². The van der Waals surface area contributed by atoms with Crippen LogP contribution in [0.5, 0.6) is 0 Å². The zero-order chi connectivity index (χ0) is 11.8. The second-order valence-electron chi connectivity index (χ2n) is 3.17.